The minimum Gasteiger partial charge on any atom is -0.455 e. The number of hydrogen-bond donors (Lipinski definition) is 0. The third-order valence-electron chi connectivity index (χ3n) is 9.50. The van der Waals surface area contributed by atoms with E-state index >= 15 is 0 Å². The second-order valence-corrected chi connectivity index (χ2v) is 12.4. The Balaban J connectivity index is 1.30. The van der Waals surface area contributed by atoms with Crippen molar-refractivity contribution in [2.24, 2.45) is 0 Å². The summed E-state index contributed by atoms with van der Waals surface area (Å²) in [5.74, 6) is 0. The van der Waals surface area contributed by atoms with Crippen LogP contribution in [0, 0.1) is 0 Å². The minimum absolute atomic E-state index is 0.0128. The highest BCUT2D eigenvalue weighted by molar-refractivity contribution is 6.23. The molecule has 0 unspecified atom stereocenters. The third kappa shape index (κ3) is 4.64. The number of fused-ring (bicyclic) bond motifs is 7. The summed E-state index contributed by atoms with van der Waals surface area (Å²) in [6.07, 6.45) is 0. The van der Waals surface area contributed by atoms with Crippen LogP contribution in [0.2, 0.25) is 0 Å². The van der Waals surface area contributed by atoms with E-state index in [1.165, 1.54) is 24.3 Å². The topological polar surface area (TPSA) is 13.1 Å². The first-order valence-electron chi connectivity index (χ1n) is 27.1. The first-order chi connectivity index (χ1) is 35.0. The van der Waals surface area contributed by atoms with Crippen LogP contribution in [0.4, 0.5) is 0 Å². The standard InChI is InChI=1S/C52H32O/c1-3-19-38-33(13-1)15-10-25-40(38)36-29-30-42-48-28-12-26-41(52(48)53-49(42)32-36)35-17-9-18-37(31-35)50-44-21-5-7-23-46(44)51(47-24-8-6-22-45(47)50)43-27-11-16-34-14-2-4-20-39(34)43/h1-32H/i2D,4D,5D,6D,7D,8D,11D,12D,14D,16D,20D,21D,22D,23D,24D,26D,27D,28D,29D,30D,32D. The Hall–Kier alpha value is -6.96. The molecular weight excluding hydrogens is 641 g/mol. The maximum atomic E-state index is 9.50. The molecule has 1 nitrogen and oxygen atoms in total. The maximum absolute atomic E-state index is 9.50. The molecule has 0 N–H and O–H groups in total. The molecule has 0 atom stereocenters. The zero-order chi connectivity index (χ0) is 53.2. The Bertz CT molecular complexity index is 4350. The van der Waals surface area contributed by atoms with Gasteiger partial charge in [0.25, 0.3) is 0 Å². The zero-order valence-electron chi connectivity index (χ0n) is 48.3. The van der Waals surface area contributed by atoms with Gasteiger partial charge >= 0.3 is 0 Å². The SMILES string of the molecule is [2H]c1c([2H])c([2H])c2c(oc3c([2H])c(-c4cccc5ccccc45)c([2H])c([2H])c32)c1-c1cccc(-c2c3c([2H])c([2H])c([2H])c([2H])c3c(-c3c([2H])c([2H])c([2H])c4c([2H])c([2H])c([2H])c([2H])c34)c3c([2H])c([2H])c([2H])c([2H])c23)c1. The van der Waals surface area contributed by atoms with E-state index < -0.39 is 147 Å². The van der Waals surface area contributed by atoms with Gasteiger partial charge in [-0.15, -0.1) is 0 Å². The largest absolute Gasteiger partial charge is 0.455 e. The van der Waals surface area contributed by atoms with E-state index in [0.29, 0.717) is 10.9 Å². The Morgan fingerprint density at radius 3 is 1.81 bits per heavy atom. The van der Waals surface area contributed by atoms with Gasteiger partial charge in [0.15, 0.2) is 0 Å². The van der Waals surface area contributed by atoms with Crippen molar-refractivity contribution >= 4 is 65.0 Å². The molecule has 11 aromatic rings. The predicted molar refractivity (Wildman–Crippen MR) is 225 cm³/mol. The molecule has 10 aromatic carbocycles. The number of rotatable bonds is 4. The van der Waals surface area contributed by atoms with Gasteiger partial charge in [-0.3, -0.25) is 0 Å². The van der Waals surface area contributed by atoms with Crippen LogP contribution in [0.3, 0.4) is 0 Å². The second kappa shape index (κ2) is 11.8. The molecule has 0 aliphatic rings. The molecule has 0 aliphatic heterocycles. The lowest BCUT2D eigenvalue weighted by molar-refractivity contribution is 0.670. The third-order valence-corrected chi connectivity index (χ3v) is 9.50. The lowest BCUT2D eigenvalue weighted by atomic mass is 9.84. The highest BCUT2D eigenvalue weighted by atomic mass is 16.3. The molecule has 11 rings (SSSR count). The van der Waals surface area contributed by atoms with Crippen molar-refractivity contribution < 1.29 is 33.2 Å². The van der Waals surface area contributed by atoms with Crippen molar-refractivity contribution in [3.63, 3.8) is 0 Å². The van der Waals surface area contributed by atoms with E-state index in [0.717, 1.165) is 5.39 Å². The molecule has 1 aromatic heterocycles. The number of para-hydroxylation sites is 1. The molecule has 1 heteroatoms. The molecule has 53 heavy (non-hydrogen) atoms. The van der Waals surface area contributed by atoms with E-state index in [2.05, 4.69) is 0 Å². The second-order valence-electron chi connectivity index (χ2n) is 12.4. The average molecular weight is 694 g/mol. The molecule has 246 valence electrons. The summed E-state index contributed by atoms with van der Waals surface area (Å²) < 4.78 is 197. The van der Waals surface area contributed by atoms with Gasteiger partial charge in [-0.25, -0.2) is 0 Å². The van der Waals surface area contributed by atoms with Crippen molar-refractivity contribution in [1.29, 1.82) is 0 Å². The van der Waals surface area contributed by atoms with Crippen LogP contribution in [0.25, 0.3) is 110 Å². The van der Waals surface area contributed by atoms with E-state index in [4.69, 9.17) is 20.9 Å². The van der Waals surface area contributed by atoms with Gasteiger partial charge < -0.3 is 4.42 Å². The number of furan rings is 1. The highest BCUT2D eigenvalue weighted by Gasteiger charge is 2.19. The molecule has 0 fully saturated rings. The summed E-state index contributed by atoms with van der Waals surface area (Å²) in [6.45, 7) is 0. The van der Waals surface area contributed by atoms with Gasteiger partial charge in [0.05, 0.1) is 28.8 Å². The summed E-state index contributed by atoms with van der Waals surface area (Å²) >= 11 is 0. The summed E-state index contributed by atoms with van der Waals surface area (Å²) in [4.78, 5) is 0. The lowest BCUT2D eigenvalue weighted by Gasteiger charge is -2.19. The predicted octanol–water partition coefficient (Wildman–Crippen LogP) is 14.9. The monoisotopic (exact) mass is 693 g/mol. The van der Waals surface area contributed by atoms with E-state index in [1.807, 2.05) is 24.3 Å². The molecule has 0 saturated heterocycles. The fraction of sp³-hybridized carbons (Fsp3) is 0. The van der Waals surface area contributed by atoms with Crippen LogP contribution in [-0.2, 0) is 0 Å². The van der Waals surface area contributed by atoms with Gasteiger partial charge in [0.2, 0.25) is 0 Å². The molecule has 1 heterocycles. The summed E-state index contributed by atoms with van der Waals surface area (Å²) in [5, 5.41) is -1.43. The smallest absolute Gasteiger partial charge is 0.143 e. The number of hydrogen-bond acceptors (Lipinski definition) is 1. The highest BCUT2D eigenvalue weighted by Crippen LogP contribution is 2.46. The van der Waals surface area contributed by atoms with Crippen LogP contribution >= 0.6 is 0 Å². The van der Waals surface area contributed by atoms with Gasteiger partial charge in [0, 0.05) is 16.3 Å². The molecule has 0 bridgehead atoms. The Morgan fingerprint density at radius 1 is 0.358 bits per heavy atom. The molecule has 0 amide bonds. The van der Waals surface area contributed by atoms with Gasteiger partial charge in [-0.2, -0.15) is 0 Å². The molecule has 0 saturated carbocycles. The summed E-state index contributed by atoms with van der Waals surface area (Å²) in [7, 11) is 0. The van der Waals surface area contributed by atoms with E-state index in [1.54, 1.807) is 18.2 Å². The fourth-order valence-electron chi connectivity index (χ4n) is 7.19. The van der Waals surface area contributed by atoms with Crippen molar-refractivity contribution in [3.05, 3.63) is 194 Å². The van der Waals surface area contributed by atoms with Crippen molar-refractivity contribution in [1.82, 2.24) is 0 Å². The molecular formula is C52H32O. The first kappa shape index (κ1) is 15.7. The molecule has 0 spiro atoms. The summed E-state index contributed by atoms with van der Waals surface area (Å²) in [6, 6.07) is 4.01. The summed E-state index contributed by atoms with van der Waals surface area (Å²) in [5.41, 5.74) is -1.13. The van der Waals surface area contributed by atoms with Gasteiger partial charge in [-0.05, 0) is 100 Å². The molecule has 0 aliphatic carbocycles. The van der Waals surface area contributed by atoms with Gasteiger partial charge in [-0.1, -0.05) is 175 Å². The van der Waals surface area contributed by atoms with Crippen LogP contribution < -0.4 is 0 Å². The van der Waals surface area contributed by atoms with Crippen LogP contribution in [0.1, 0.15) is 28.8 Å². The van der Waals surface area contributed by atoms with E-state index in [9.17, 15) is 12.3 Å². The Kier molecular flexibility index (Phi) is 3.50. The van der Waals surface area contributed by atoms with Crippen LogP contribution in [0.5, 0.6) is 0 Å². The Labute approximate surface area is 336 Å². The minimum atomic E-state index is -0.841. The quantitative estimate of drug-likeness (QED) is 0.167. The zero-order valence-corrected chi connectivity index (χ0v) is 27.3. The maximum Gasteiger partial charge on any atom is 0.143 e. The lowest BCUT2D eigenvalue weighted by Crippen LogP contribution is -1.92. The van der Waals surface area contributed by atoms with Crippen LogP contribution in [-0.4, -0.2) is 0 Å². The van der Waals surface area contributed by atoms with Crippen LogP contribution in [0.15, 0.2) is 198 Å². The van der Waals surface area contributed by atoms with Gasteiger partial charge in [0.1, 0.15) is 11.2 Å². The normalized spacial score (nSPS) is 17.3. The van der Waals surface area contributed by atoms with Crippen molar-refractivity contribution in [2.45, 2.75) is 0 Å². The van der Waals surface area contributed by atoms with Crippen molar-refractivity contribution in [2.75, 3.05) is 0 Å². The Morgan fingerprint density at radius 2 is 0.981 bits per heavy atom. The average Bonchev–Trinajstić information content (AvgIpc) is 3.81. The first-order valence-corrected chi connectivity index (χ1v) is 16.6. The fourth-order valence-corrected chi connectivity index (χ4v) is 7.19. The molecule has 0 radical (unpaired) electrons. The van der Waals surface area contributed by atoms with Crippen molar-refractivity contribution in [3.8, 4) is 44.5 Å². The van der Waals surface area contributed by atoms with E-state index in [-0.39, 0.29) is 72.6 Å². The number of benzene rings is 10.